The number of carbonyl (C=O) groups excluding carboxylic acids is 2. The summed E-state index contributed by atoms with van der Waals surface area (Å²) in [5, 5.41) is -0.250. The Morgan fingerprint density at radius 2 is 1.84 bits per heavy atom. The maximum absolute atomic E-state index is 13.3. The summed E-state index contributed by atoms with van der Waals surface area (Å²) in [5.74, 6) is -0.328. The molecule has 3 aromatic carbocycles. The van der Waals surface area contributed by atoms with Crippen LogP contribution in [0.4, 0.5) is 9.18 Å². The Bertz CT molecular complexity index is 1220. The van der Waals surface area contributed by atoms with Crippen molar-refractivity contribution < 1.29 is 18.7 Å². The van der Waals surface area contributed by atoms with Crippen LogP contribution in [-0.2, 0) is 17.9 Å². The third kappa shape index (κ3) is 5.23. The van der Waals surface area contributed by atoms with E-state index in [1.807, 2.05) is 42.5 Å². The van der Waals surface area contributed by atoms with E-state index in [2.05, 4.69) is 15.9 Å². The zero-order chi connectivity index (χ0) is 22.7. The second-order valence-corrected chi connectivity index (χ2v) is 9.28. The molecule has 3 aromatic rings. The second kappa shape index (κ2) is 9.90. The zero-order valence-corrected chi connectivity index (χ0v) is 19.7. The van der Waals surface area contributed by atoms with Gasteiger partial charge in [-0.05, 0) is 59.3 Å². The molecule has 1 heterocycles. The molecule has 0 radical (unpaired) electrons. The SMILES string of the molecule is O=C1S/C(=C\c2cc(Br)ccc2OCc2ccccc2)C(=O)N1Cc1ccc(F)cc1Cl. The van der Waals surface area contributed by atoms with Gasteiger partial charge in [0.15, 0.2) is 0 Å². The molecule has 0 N–H and O–H groups in total. The van der Waals surface area contributed by atoms with Gasteiger partial charge in [-0.3, -0.25) is 14.5 Å². The molecule has 0 aromatic heterocycles. The number of hydrogen-bond donors (Lipinski definition) is 0. The minimum absolute atomic E-state index is 0.0308. The minimum atomic E-state index is -0.481. The van der Waals surface area contributed by atoms with Crippen LogP contribution in [0.1, 0.15) is 16.7 Å². The highest BCUT2D eigenvalue weighted by molar-refractivity contribution is 9.10. The van der Waals surface area contributed by atoms with Crippen molar-refractivity contribution in [3.63, 3.8) is 0 Å². The van der Waals surface area contributed by atoms with Gasteiger partial charge >= 0.3 is 0 Å². The standard InChI is InChI=1S/C24H16BrClFNO3S/c25-18-7-9-21(31-14-15-4-2-1-3-5-15)17(10-18)11-22-23(29)28(24(30)32-22)13-16-6-8-19(27)12-20(16)26/h1-12H,13-14H2/b22-11-. The number of thioether (sulfide) groups is 1. The predicted molar refractivity (Wildman–Crippen MR) is 128 cm³/mol. The van der Waals surface area contributed by atoms with E-state index in [0.29, 0.717) is 23.5 Å². The van der Waals surface area contributed by atoms with Gasteiger partial charge in [-0.2, -0.15) is 0 Å². The number of ether oxygens (including phenoxy) is 1. The monoisotopic (exact) mass is 531 g/mol. The number of nitrogens with zero attached hydrogens (tertiary/aromatic N) is 1. The third-order valence-electron chi connectivity index (χ3n) is 4.71. The molecule has 8 heteroatoms. The van der Waals surface area contributed by atoms with Gasteiger partial charge in [0, 0.05) is 15.1 Å². The number of amides is 2. The summed E-state index contributed by atoms with van der Waals surface area (Å²) in [7, 11) is 0. The summed E-state index contributed by atoms with van der Waals surface area (Å²) < 4.78 is 20.1. The Hall–Kier alpha value is -2.61. The number of imide groups is 1. The maximum atomic E-state index is 13.3. The molecule has 4 rings (SSSR count). The predicted octanol–water partition coefficient (Wildman–Crippen LogP) is 7.06. The quantitative estimate of drug-likeness (QED) is 0.319. The summed E-state index contributed by atoms with van der Waals surface area (Å²) in [6.45, 7) is 0.338. The van der Waals surface area contributed by atoms with Gasteiger partial charge in [-0.1, -0.05) is 63.9 Å². The van der Waals surface area contributed by atoms with Crippen LogP contribution < -0.4 is 4.74 Å². The van der Waals surface area contributed by atoms with E-state index >= 15 is 0 Å². The van der Waals surface area contributed by atoms with Crippen LogP contribution in [-0.4, -0.2) is 16.0 Å². The van der Waals surface area contributed by atoms with Crippen molar-refractivity contribution in [3.8, 4) is 5.75 Å². The molecular formula is C24H16BrClFNO3S. The normalized spacial score (nSPS) is 15.0. The highest BCUT2D eigenvalue weighted by atomic mass is 79.9. The van der Waals surface area contributed by atoms with Crippen molar-refractivity contribution in [3.05, 3.63) is 104 Å². The first-order valence-electron chi connectivity index (χ1n) is 9.56. The lowest BCUT2D eigenvalue weighted by molar-refractivity contribution is -0.123. The average molecular weight is 533 g/mol. The summed E-state index contributed by atoms with van der Waals surface area (Å²) >= 11 is 10.3. The van der Waals surface area contributed by atoms with Crippen molar-refractivity contribution in [1.29, 1.82) is 0 Å². The zero-order valence-electron chi connectivity index (χ0n) is 16.6. The van der Waals surface area contributed by atoms with Crippen LogP contribution in [0.5, 0.6) is 5.75 Å². The van der Waals surface area contributed by atoms with Crippen molar-refractivity contribution in [2.45, 2.75) is 13.2 Å². The highest BCUT2D eigenvalue weighted by Crippen LogP contribution is 2.36. The van der Waals surface area contributed by atoms with Crippen molar-refractivity contribution >= 4 is 56.5 Å². The van der Waals surface area contributed by atoms with E-state index in [4.69, 9.17) is 16.3 Å². The smallest absolute Gasteiger partial charge is 0.293 e. The fraction of sp³-hybridized carbons (Fsp3) is 0.0833. The van der Waals surface area contributed by atoms with E-state index in [1.54, 1.807) is 12.1 Å². The summed E-state index contributed by atoms with van der Waals surface area (Å²) in [6, 6.07) is 19.1. The van der Waals surface area contributed by atoms with Crippen molar-refractivity contribution in [1.82, 2.24) is 4.90 Å². The van der Waals surface area contributed by atoms with Gasteiger partial charge in [0.25, 0.3) is 11.1 Å². The fourth-order valence-electron chi connectivity index (χ4n) is 3.10. The number of benzene rings is 3. The number of hydrogen-bond acceptors (Lipinski definition) is 4. The topological polar surface area (TPSA) is 46.6 Å². The average Bonchev–Trinajstić information content (AvgIpc) is 3.03. The molecular weight excluding hydrogens is 517 g/mol. The first kappa shape index (κ1) is 22.6. The first-order valence-corrected chi connectivity index (χ1v) is 11.5. The van der Waals surface area contributed by atoms with Crippen LogP contribution in [0.15, 0.2) is 76.1 Å². The molecule has 4 nitrogen and oxygen atoms in total. The van der Waals surface area contributed by atoms with Gasteiger partial charge in [0.1, 0.15) is 18.2 Å². The number of halogens is 3. The maximum Gasteiger partial charge on any atom is 0.293 e. The van der Waals surface area contributed by atoms with Crippen LogP contribution in [0.2, 0.25) is 5.02 Å². The molecule has 0 aliphatic carbocycles. The van der Waals surface area contributed by atoms with Crippen LogP contribution in [0.3, 0.4) is 0 Å². The van der Waals surface area contributed by atoms with E-state index < -0.39 is 17.0 Å². The van der Waals surface area contributed by atoms with E-state index in [9.17, 15) is 14.0 Å². The highest BCUT2D eigenvalue weighted by Gasteiger charge is 2.35. The molecule has 162 valence electrons. The van der Waals surface area contributed by atoms with Crippen molar-refractivity contribution in [2.75, 3.05) is 0 Å². The Balaban J connectivity index is 1.56. The summed E-state index contributed by atoms with van der Waals surface area (Å²) in [6.07, 6.45) is 1.64. The molecule has 0 bridgehead atoms. The lowest BCUT2D eigenvalue weighted by atomic mass is 10.1. The second-order valence-electron chi connectivity index (χ2n) is 6.96. The van der Waals surface area contributed by atoms with Gasteiger partial charge in [0.2, 0.25) is 0 Å². The molecule has 2 amide bonds. The van der Waals surface area contributed by atoms with E-state index in [0.717, 1.165) is 32.8 Å². The largest absolute Gasteiger partial charge is 0.488 e. The molecule has 32 heavy (non-hydrogen) atoms. The molecule has 1 aliphatic rings. The molecule has 1 saturated heterocycles. The molecule has 1 fully saturated rings. The fourth-order valence-corrected chi connectivity index (χ4v) is 4.53. The van der Waals surface area contributed by atoms with Crippen molar-refractivity contribution in [2.24, 2.45) is 0 Å². The Morgan fingerprint density at radius 3 is 2.59 bits per heavy atom. The number of carbonyl (C=O) groups is 2. The minimum Gasteiger partial charge on any atom is -0.488 e. The van der Waals surface area contributed by atoms with Gasteiger partial charge in [-0.15, -0.1) is 0 Å². The van der Waals surface area contributed by atoms with Gasteiger partial charge < -0.3 is 4.74 Å². The summed E-state index contributed by atoms with van der Waals surface area (Å²) in [5.41, 5.74) is 2.17. The Kier molecular flexibility index (Phi) is 6.98. The van der Waals surface area contributed by atoms with Crippen LogP contribution in [0, 0.1) is 5.82 Å². The lowest BCUT2D eigenvalue weighted by Gasteiger charge is -2.13. The molecule has 0 saturated carbocycles. The van der Waals surface area contributed by atoms with E-state index in [-0.39, 0.29) is 16.5 Å². The lowest BCUT2D eigenvalue weighted by Crippen LogP contribution is -2.27. The molecule has 0 spiro atoms. The third-order valence-corrected chi connectivity index (χ3v) is 6.47. The van der Waals surface area contributed by atoms with E-state index in [1.165, 1.54) is 12.1 Å². The molecule has 1 aliphatic heterocycles. The van der Waals surface area contributed by atoms with Gasteiger partial charge in [0.05, 0.1) is 11.4 Å². The van der Waals surface area contributed by atoms with Gasteiger partial charge in [-0.25, -0.2) is 4.39 Å². The Labute approximate surface area is 202 Å². The van der Waals surface area contributed by atoms with Crippen LogP contribution >= 0.6 is 39.3 Å². The number of rotatable bonds is 6. The first-order chi connectivity index (χ1) is 15.4. The summed E-state index contributed by atoms with van der Waals surface area (Å²) in [4.78, 5) is 26.8. The Morgan fingerprint density at radius 1 is 1.06 bits per heavy atom. The van der Waals surface area contributed by atoms with Crippen LogP contribution in [0.25, 0.3) is 6.08 Å². The molecule has 0 atom stereocenters. The molecule has 0 unspecified atom stereocenters.